The van der Waals surface area contributed by atoms with Gasteiger partial charge >= 0.3 is 0 Å². The molecule has 3 heterocycles. The lowest BCUT2D eigenvalue weighted by Crippen LogP contribution is -2.01. The molecule has 210 valence electrons. The zero-order valence-corrected chi connectivity index (χ0v) is 24.1. The minimum Gasteiger partial charge on any atom is -0.454 e. The van der Waals surface area contributed by atoms with Crippen LogP contribution in [-0.4, -0.2) is 19.9 Å². The van der Waals surface area contributed by atoms with E-state index in [2.05, 4.69) is 96.0 Å². The van der Waals surface area contributed by atoms with Crippen molar-refractivity contribution in [3.8, 4) is 45.3 Å². The first kappa shape index (κ1) is 25.3. The van der Waals surface area contributed by atoms with Crippen LogP contribution in [0.1, 0.15) is 0 Å². The van der Waals surface area contributed by atoms with E-state index >= 15 is 0 Å². The number of aromatic nitrogens is 4. The van der Waals surface area contributed by atoms with Crippen molar-refractivity contribution >= 4 is 43.5 Å². The number of benzene rings is 6. The fourth-order valence-electron chi connectivity index (χ4n) is 6.18. The topological polar surface area (TPSA) is 64.7 Å². The van der Waals surface area contributed by atoms with Gasteiger partial charge in [0.15, 0.2) is 23.1 Å². The molecule has 3 aromatic heterocycles. The maximum Gasteiger partial charge on any atom is 0.164 e. The van der Waals surface area contributed by atoms with E-state index in [1.54, 1.807) is 12.4 Å². The van der Waals surface area contributed by atoms with E-state index < -0.39 is 0 Å². The first-order valence-electron chi connectivity index (χ1n) is 14.9. The van der Waals surface area contributed by atoms with Crippen molar-refractivity contribution < 1.29 is 4.42 Å². The summed E-state index contributed by atoms with van der Waals surface area (Å²) in [7, 11) is 0. The van der Waals surface area contributed by atoms with Crippen LogP contribution in [0.3, 0.4) is 0 Å². The van der Waals surface area contributed by atoms with Crippen LogP contribution in [0, 0.1) is 0 Å². The highest BCUT2D eigenvalue weighted by atomic mass is 16.3. The fraction of sp³-hybridized carbons (Fsp3) is 0. The van der Waals surface area contributed by atoms with Crippen molar-refractivity contribution in [2.75, 3.05) is 0 Å². The van der Waals surface area contributed by atoms with Gasteiger partial charge in [0.05, 0.1) is 6.20 Å². The molecule has 9 rings (SSSR count). The molecule has 0 aliphatic rings. The largest absolute Gasteiger partial charge is 0.454 e. The van der Waals surface area contributed by atoms with E-state index in [0.717, 1.165) is 65.9 Å². The second kappa shape index (κ2) is 10.2. The molecule has 45 heavy (non-hydrogen) atoms. The van der Waals surface area contributed by atoms with Gasteiger partial charge in [-0.05, 0) is 57.6 Å². The Morgan fingerprint density at radius 3 is 1.98 bits per heavy atom. The molecule has 0 fully saturated rings. The van der Waals surface area contributed by atoms with Crippen LogP contribution in [0.5, 0.6) is 0 Å². The van der Waals surface area contributed by atoms with E-state index in [9.17, 15) is 0 Å². The Morgan fingerprint density at radius 2 is 1.09 bits per heavy atom. The number of fused-ring (bicyclic) bond motifs is 6. The van der Waals surface area contributed by atoms with E-state index in [0.29, 0.717) is 17.5 Å². The Kier molecular flexibility index (Phi) is 5.74. The maximum atomic E-state index is 6.25. The van der Waals surface area contributed by atoms with Gasteiger partial charge in [0.25, 0.3) is 0 Å². The van der Waals surface area contributed by atoms with Crippen LogP contribution in [0.25, 0.3) is 88.8 Å². The molecule has 9 aromatic rings. The van der Waals surface area contributed by atoms with Gasteiger partial charge < -0.3 is 4.42 Å². The summed E-state index contributed by atoms with van der Waals surface area (Å²) in [4.78, 5) is 19.3. The van der Waals surface area contributed by atoms with Gasteiger partial charge in [-0.3, -0.25) is 4.98 Å². The molecular weight excluding hydrogens is 552 g/mol. The summed E-state index contributed by atoms with van der Waals surface area (Å²) in [6, 6.07) is 45.9. The van der Waals surface area contributed by atoms with Crippen LogP contribution in [0.15, 0.2) is 150 Å². The second-order valence-corrected chi connectivity index (χ2v) is 11.1. The molecule has 0 radical (unpaired) electrons. The summed E-state index contributed by atoms with van der Waals surface area (Å²) in [5, 5.41) is 6.64. The highest BCUT2D eigenvalue weighted by Crippen LogP contribution is 2.38. The smallest absolute Gasteiger partial charge is 0.164 e. The van der Waals surface area contributed by atoms with Gasteiger partial charge in [-0.15, -0.1) is 0 Å². The molecule has 5 nitrogen and oxygen atoms in total. The van der Waals surface area contributed by atoms with E-state index in [1.165, 1.54) is 5.39 Å². The summed E-state index contributed by atoms with van der Waals surface area (Å²) < 4.78 is 6.25. The molecule has 6 aromatic carbocycles. The third-order valence-corrected chi connectivity index (χ3v) is 8.41. The van der Waals surface area contributed by atoms with Crippen molar-refractivity contribution in [3.05, 3.63) is 146 Å². The van der Waals surface area contributed by atoms with Crippen molar-refractivity contribution in [1.29, 1.82) is 0 Å². The lowest BCUT2D eigenvalue weighted by atomic mass is 9.96. The third kappa shape index (κ3) is 4.33. The van der Waals surface area contributed by atoms with Crippen molar-refractivity contribution in [2.24, 2.45) is 0 Å². The Balaban J connectivity index is 1.22. The van der Waals surface area contributed by atoms with Crippen LogP contribution >= 0.6 is 0 Å². The molecule has 0 saturated carbocycles. The zero-order valence-electron chi connectivity index (χ0n) is 24.1. The Bertz CT molecular complexity index is 2550. The molecule has 0 saturated heterocycles. The van der Waals surface area contributed by atoms with Gasteiger partial charge in [0, 0.05) is 39.0 Å². The molecule has 0 spiro atoms. The maximum absolute atomic E-state index is 6.25. The summed E-state index contributed by atoms with van der Waals surface area (Å²) in [6.45, 7) is 0. The second-order valence-electron chi connectivity index (χ2n) is 11.1. The third-order valence-electron chi connectivity index (χ3n) is 8.41. The average Bonchev–Trinajstić information content (AvgIpc) is 3.50. The minimum absolute atomic E-state index is 0.628. The van der Waals surface area contributed by atoms with Crippen molar-refractivity contribution in [2.45, 2.75) is 0 Å². The number of rotatable bonds is 4. The summed E-state index contributed by atoms with van der Waals surface area (Å²) in [5.74, 6) is 1.90. The van der Waals surface area contributed by atoms with Crippen LogP contribution in [0.4, 0.5) is 0 Å². The highest BCUT2D eigenvalue weighted by molar-refractivity contribution is 6.15. The zero-order chi connectivity index (χ0) is 29.7. The SMILES string of the molecule is c1ccc(-c2nc(-c3ccc4ccccc4c3)nc(-c3ccccc3-c3ccc4c(ccc5c6ccncc6oc45)c3)n2)cc1. The van der Waals surface area contributed by atoms with Gasteiger partial charge in [-0.25, -0.2) is 15.0 Å². The summed E-state index contributed by atoms with van der Waals surface area (Å²) >= 11 is 0. The Labute approximate surface area is 258 Å². The Hall–Kier alpha value is -6.20. The molecule has 0 aliphatic carbocycles. The van der Waals surface area contributed by atoms with Gasteiger partial charge in [-0.2, -0.15) is 0 Å². The molecule has 0 bridgehead atoms. The molecule has 0 unspecified atom stereocenters. The minimum atomic E-state index is 0.628. The Morgan fingerprint density at radius 1 is 0.422 bits per heavy atom. The first-order chi connectivity index (χ1) is 22.3. The van der Waals surface area contributed by atoms with Crippen LogP contribution in [0.2, 0.25) is 0 Å². The van der Waals surface area contributed by atoms with Gasteiger partial charge in [0.1, 0.15) is 5.58 Å². The van der Waals surface area contributed by atoms with E-state index in [4.69, 9.17) is 19.4 Å². The molecule has 5 heteroatoms. The molecule has 0 N–H and O–H groups in total. The predicted molar refractivity (Wildman–Crippen MR) is 182 cm³/mol. The molecular formula is C40H24N4O. The summed E-state index contributed by atoms with van der Waals surface area (Å²) in [5.41, 5.74) is 6.61. The fourth-order valence-corrected chi connectivity index (χ4v) is 6.18. The van der Waals surface area contributed by atoms with Crippen molar-refractivity contribution in [1.82, 2.24) is 19.9 Å². The quantitative estimate of drug-likeness (QED) is 0.209. The monoisotopic (exact) mass is 576 g/mol. The number of nitrogens with zero attached hydrogens (tertiary/aromatic N) is 4. The standard InChI is InChI=1S/C40H24N4O/c1-2-9-26(10-3-1)38-42-39(30-15-14-25-8-4-5-11-27(25)22-30)44-40(43-38)35-13-7-6-12-31(35)28-16-18-32-29(23-28)17-19-34-33-20-21-41-24-36(33)45-37(32)34/h1-24H. The normalized spacial score (nSPS) is 11.6. The number of pyridine rings is 1. The number of furan rings is 1. The van der Waals surface area contributed by atoms with Gasteiger partial charge in [0.2, 0.25) is 0 Å². The summed E-state index contributed by atoms with van der Waals surface area (Å²) in [6.07, 6.45) is 3.58. The van der Waals surface area contributed by atoms with Gasteiger partial charge in [-0.1, -0.05) is 103 Å². The average molecular weight is 577 g/mol. The molecule has 0 atom stereocenters. The first-order valence-corrected chi connectivity index (χ1v) is 14.9. The van der Waals surface area contributed by atoms with Crippen molar-refractivity contribution in [3.63, 3.8) is 0 Å². The highest BCUT2D eigenvalue weighted by Gasteiger charge is 2.17. The predicted octanol–water partition coefficient (Wildman–Crippen LogP) is 10.1. The van der Waals surface area contributed by atoms with Crippen LogP contribution in [-0.2, 0) is 0 Å². The lowest BCUT2D eigenvalue weighted by molar-refractivity contribution is 0.670. The van der Waals surface area contributed by atoms with E-state index in [1.807, 2.05) is 42.5 Å². The molecule has 0 amide bonds. The number of hydrogen-bond acceptors (Lipinski definition) is 5. The molecule has 0 aliphatic heterocycles. The number of hydrogen-bond donors (Lipinski definition) is 0. The van der Waals surface area contributed by atoms with E-state index in [-0.39, 0.29) is 0 Å². The lowest BCUT2D eigenvalue weighted by Gasteiger charge is -2.13. The van der Waals surface area contributed by atoms with Crippen LogP contribution < -0.4 is 0 Å².